The molecule has 3 rings (SSSR count). The lowest BCUT2D eigenvalue weighted by Gasteiger charge is -2.10. The predicted molar refractivity (Wildman–Crippen MR) is 102 cm³/mol. The van der Waals surface area contributed by atoms with E-state index in [1.54, 1.807) is 23.5 Å². The number of benzene rings is 2. The van der Waals surface area contributed by atoms with Crippen molar-refractivity contribution in [2.75, 3.05) is 17.6 Å². The van der Waals surface area contributed by atoms with E-state index in [1.165, 1.54) is 5.56 Å². The van der Waals surface area contributed by atoms with Gasteiger partial charge in [-0.15, -0.1) is 0 Å². The standard InChI is InChI=1S/C18H18N2OS2/c1-13-6-8-15(9-7-13)20-17(21)16-5-3-2-4-14(16)12-23-18-19-10-11-22-18/h2-9H,10-12H2,1H3,(H,20,21). The lowest BCUT2D eigenvalue weighted by atomic mass is 10.1. The van der Waals surface area contributed by atoms with Crippen LogP contribution in [0.1, 0.15) is 21.5 Å². The molecule has 1 amide bonds. The van der Waals surface area contributed by atoms with Gasteiger partial charge in [-0.05, 0) is 30.7 Å². The molecule has 0 aliphatic carbocycles. The molecule has 0 unspecified atom stereocenters. The lowest BCUT2D eigenvalue weighted by molar-refractivity contribution is 0.102. The zero-order valence-corrected chi connectivity index (χ0v) is 14.5. The van der Waals surface area contributed by atoms with Gasteiger partial charge in [0.1, 0.15) is 4.38 Å². The number of nitrogens with one attached hydrogen (secondary N) is 1. The average Bonchev–Trinajstić information content (AvgIpc) is 3.09. The van der Waals surface area contributed by atoms with Crippen molar-refractivity contribution in [2.24, 2.45) is 4.99 Å². The fourth-order valence-corrected chi connectivity index (χ4v) is 4.26. The summed E-state index contributed by atoms with van der Waals surface area (Å²) in [5.41, 5.74) is 3.76. The van der Waals surface area contributed by atoms with Gasteiger partial charge in [0, 0.05) is 22.8 Å². The highest BCUT2D eigenvalue weighted by Crippen LogP contribution is 2.26. The highest BCUT2D eigenvalue weighted by Gasteiger charge is 2.13. The number of carbonyl (C=O) groups is 1. The molecule has 0 saturated carbocycles. The van der Waals surface area contributed by atoms with Gasteiger partial charge in [-0.2, -0.15) is 0 Å². The smallest absolute Gasteiger partial charge is 0.255 e. The van der Waals surface area contributed by atoms with Crippen LogP contribution in [0.15, 0.2) is 53.5 Å². The quantitative estimate of drug-likeness (QED) is 0.884. The van der Waals surface area contributed by atoms with E-state index in [9.17, 15) is 4.79 Å². The predicted octanol–water partition coefficient (Wildman–Crippen LogP) is 4.58. The molecule has 1 aliphatic rings. The van der Waals surface area contributed by atoms with E-state index in [-0.39, 0.29) is 5.91 Å². The Hall–Kier alpha value is -1.72. The molecule has 0 aromatic heterocycles. The zero-order valence-electron chi connectivity index (χ0n) is 12.9. The van der Waals surface area contributed by atoms with Gasteiger partial charge < -0.3 is 5.32 Å². The van der Waals surface area contributed by atoms with Crippen molar-refractivity contribution in [1.29, 1.82) is 0 Å². The van der Waals surface area contributed by atoms with Crippen molar-refractivity contribution in [2.45, 2.75) is 12.7 Å². The Kier molecular flexibility index (Phi) is 5.41. The fraction of sp³-hybridized carbons (Fsp3) is 0.222. The highest BCUT2D eigenvalue weighted by molar-refractivity contribution is 8.38. The molecule has 1 heterocycles. The molecule has 0 spiro atoms. The van der Waals surface area contributed by atoms with Gasteiger partial charge in [-0.25, -0.2) is 0 Å². The molecular formula is C18H18N2OS2. The number of anilines is 1. The molecule has 2 aromatic carbocycles. The Morgan fingerprint density at radius 1 is 1.22 bits per heavy atom. The second-order valence-electron chi connectivity index (χ2n) is 5.26. The van der Waals surface area contributed by atoms with Crippen molar-refractivity contribution in [3.05, 3.63) is 65.2 Å². The monoisotopic (exact) mass is 342 g/mol. The van der Waals surface area contributed by atoms with E-state index < -0.39 is 0 Å². The fourth-order valence-electron chi connectivity index (χ4n) is 2.25. The third-order valence-corrected chi connectivity index (χ3v) is 5.78. The zero-order chi connectivity index (χ0) is 16.1. The van der Waals surface area contributed by atoms with E-state index >= 15 is 0 Å². The van der Waals surface area contributed by atoms with Crippen LogP contribution in [0.5, 0.6) is 0 Å². The van der Waals surface area contributed by atoms with Crippen LogP contribution in [0.2, 0.25) is 0 Å². The average molecular weight is 342 g/mol. The van der Waals surface area contributed by atoms with Crippen LogP contribution in [0, 0.1) is 6.92 Å². The molecule has 118 valence electrons. The van der Waals surface area contributed by atoms with Crippen LogP contribution in [-0.4, -0.2) is 22.6 Å². The minimum Gasteiger partial charge on any atom is -0.322 e. The van der Waals surface area contributed by atoms with Crippen LogP contribution in [-0.2, 0) is 5.75 Å². The summed E-state index contributed by atoms with van der Waals surface area (Å²) in [6, 6.07) is 15.6. The van der Waals surface area contributed by atoms with Gasteiger partial charge >= 0.3 is 0 Å². The Balaban J connectivity index is 1.70. The van der Waals surface area contributed by atoms with E-state index in [2.05, 4.69) is 10.3 Å². The SMILES string of the molecule is Cc1ccc(NC(=O)c2ccccc2CSC2=NCCS2)cc1. The molecule has 0 atom stereocenters. The number of rotatable bonds is 4. The van der Waals surface area contributed by atoms with Crippen LogP contribution in [0.3, 0.4) is 0 Å². The molecule has 1 aliphatic heterocycles. The first kappa shape index (κ1) is 16.1. The minimum atomic E-state index is -0.0638. The number of carbonyl (C=O) groups excluding carboxylic acids is 1. The van der Waals surface area contributed by atoms with Gasteiger partial charge in [-0.1, -0.05) is 59.4 Å². The third kappa shape index (κ3) is 4.39. The van der Waals surface area contributed by atoms with E-state index in [4.69, 9.17) is 0 Å². The van der Waals surface area contributed by atoms with Gasteiger partial charge in [0.15, 0.2) is 0 Å². The number of nitrogens with zero attached hydrogens (tertiary/aromatic N) is 1. The molecule has 3 nitrogen and oxygen atoms in total. The normalized spacial score (nSPS) is 13.7. The summed E-state index contributed by atoms with van der Waals surface area (Å²) in [6.45, 7) is 2.93. The summed E-state index contributed by atoms with van der Waals surface area (Å²) in [5.74, 6) is 1.77. The molecule has 5 heteroatoms. The molecule has 0 bridgehead atoms. The maximum Gasteiger partial charge on any atom is 0.255 e. The van der Waals surface area contributed by atoms with Gasteiger partial charge in [0.25, 0.3) is 5.91 Å². The minimum absolute atomic E-state index is 0.0638. The lowest BCUT2D eigenvalue weighted by Crippen LogP contribution is -2.14. The van der Waals surface area contributed by atoms with E-state index in [1.807, 2.05) is 55.5 Å². The summed E-state index contributed by atoms with van der Waals surface area (Å²) >= 11 is 3.50. The van der Waals surface area contributed by atoms with Crippen molar-refractivity contribution < 1.29 is 4.79 Å². The van der Waals surface area contributed by atoms with Crippen LogP contribution in [0.25, 0.3) is 0 Å². The molecule has 23 heavy (non-hydrogen) atoms. The molecule has 0 saturated heterocycles. The Morgan fingerprint density at radius 2 is 2.00 bits per heavy atom. The van der Waals surface area contributed by atoms with Gasteiger partial charge in [0.2, 0.25) is 0 Å². The Labute approximate surface area is 145 Å². The third-order valence-electron chi connectivity index (χ3n) is 3.48. The second-order valence-corrected chi connectivity index (χ2v) is 7.57. The van der Waals surface area contributed by atoms with Crippen LogP contribution < -0.4 is 5.32 Å². The van der Waals surface area contributed by atoms with Crippen LogP contribution in [0.4, 0.5) is 5.69 Å². The number of thioether (sulfide) groups is 2. The number of hydrogen-bond acceptors (Lipinski definition) is 4. The first-order chi connectivity index (χ1) is 11.2. The van der Waals surface area contributed by atoms with Gasteiger partial charge in [-0.3, -0.25) is 9.79 Å². The number of aryl methyl sites for hydroxylation is 1. The molecule has 2 aromatic rings. The van der Waals surface area contributed by atoms with Gasteiger partial charge in [0.05, 0.1) is 6.54 Å². The Morgan fingerprint density at radius 3 is 2.74 bits per heavy atom. The maximum absolute atomic E-state index is 12.6. The molecule has 1 N–H and O–H groups in total. The Bertz CT molecular complexity index is 726. The van der Waals surface area contributed by atoms with E-state index in [0.717, 1.165) is 39.2 Å². The summed E-state index contributed by atoms with van der Waals surface area (Å²) < 4.78 is 1.12. The number of aliphatic imine (C=N–C) groups is 1. The molecule has 0 fully saturated rings. The summed E-state index contributed by atoms with van der Waals surface area (Å²) in [5, 5.41) is 2.97. The number of amides is 1. The first-order valence-electron chi connectivity index (χ1n) is 7.48. The van der Waals surface area contributed by atoms with E-state index in [0.29, 0.717) is 0 Å². The summed E-state index contributed by atoms with van der Waals surface area (Å²) in [6.07, 6.45) is 0. The molecular weight excluding hydrogens is 324 g/mol. The van der Waals surface area contributed by atoms with Crippen molar-refractivity contribution in [3.63, 3.8) is 0 Å². The van der Waals surface area contributed by atoms with Crippen molar-refractivity contribution in [3.8, 4) is 0 Å². The van der Waals surface area contributed by atoms with Crippen LogP contribution >= 0.6 is 23.5 Å². The van der Waals surface area contributed by atoms with Crippen molar-refractivity contribution >= 4 is 39.5 Å². The molecule has 0 radical (unpaired) electrons. The number of hydrogen-bond donors (Lipinski definition) is 1. The summed E-state index contributed by atoms with van der Waals surface area (Å²) in [7, 11) is 0. The van der Waals surface area contributed by atoms with Crippen molar-refractivity contribution in [1.82, 2.24) is 0 Å². The first-order valence-corrected chi connectivity index (χ1v) is 9.45. The highest BCUT2D eigenvalue weighted by atomic mass is 32.2. The summed E-state index contributed by atoms with van der Waals surface area (Å²) in [4.78, 5) is 17.0. The maximum atomic E-state index is 12.6. The second kappa shape index (κ2) is 7.70. The topological polar surface area (TPSA) is 41.5 Å². The largest absolute Gasteiger partial charge is 0.322 e.